The monoisotopic (exact) mass is 375 g/mol. The van der Waals surface area contributed by atoms with E-state index in [2.05, 4.69) is 5.32 Å². The van der Waals surface area contributed by atoms with Gasteiger partial charge < -0.3 is 19.5 Å². The molecule has 0 unspecified atom stereocenters. The Morgan fingerprint density at radius 2 is 1.82 bits per heavy atom. The van der Waals surface area contributed by atoms with Crippen molar-refractivity contribution in [2.45, 2.75) is 0 Å². The van der Waals surface area contributed by atoms with Crippen molar-refractivity contribution in [2.75, 3.05) is 31.5 Å². The molecular formula is C20H17N5O3. The number of piperazine rings is 1. The van der Waals surface area contributed by atoms with Crippen LogP contribution in [0.4, 0.5) is 5.69 Å². The molecule has 0 aliphatic carbocycles. The molecule has 28 heavy (non-hydrogen) atoms. The van der Waals surface area contributed by atoms with Crippen LogP contribution in [0.2, 0.25) is 0 Å². The average molecular weight is 375 g/mol. The minimum Gasteiger partial charge on any atom is -0.459 e. The second-order valence-electron chi connectivity index (χ2n) is 6.07. The predicted octanol–water partition coefficient (Wildman–Crippen LogP) is 1.96. The van der Waals surface area contributed by atoms with E-state index in [1.54, 1.807) is 41.3 Å². The third-order valence-electron chi connectivity index (χ3n) is 4.31. The van der Waals surface area contributed by atoms with Gasteiger partial charge >= 0.3 is 0 Å². The maximum Gasteiger partial charge on any atom is 0.289 e. The van der Waals surface area contributed by atoms with Crippen LogP contribution >= 0.6 is 0 Å². The number of hydrogen-bond acceptors (Lipinski definition) is 6. The van der Waals surface area contributed by atoms with E-state index in [0.29, 0.717) is 37.4 Å². The van der Waals surface area contributed by atoms with Crippen LogP contribution in [0.15, 0.2) is 58.9 Å². The number of rotatable bonds is 4. The van der Waals surface area contributed by atoms with Crippen LogP contribution in [0.5, 0.6) is 0 Å². The number of anilines is 1. The average Bonchev–Trinajstić information content (AvgIpc) is 3.27. The molecule has 0 atom stereocenters. The summed E-state index contributed by atoms with van der Waals surface area (Å²) in [6.07, 6.45) is 2.94. The first-order valence-corrected chi connectivity index (χ1v) is 8.61. The van der Waals surface area contributed by atoms with E-state index >= 15 is 0 Å². The van der Waals surface area contributed by atoms with Crippen molar-refractivity contribution >= 4 is 17.5 Å². The van der Waals surface area contributed by atoms with Gasteiger partial charge in [-0.25, -0.2) is 0 Å². The zero-order chi connectivity index (χ0) is 19.9. The molecule has 1 fully saturated rings. The molecule has 8 heteroatoms. The summed E-state index contributed by atoms with van der Waals surface area (Å²) in [6.45, 7) is 1.88. The van der Waals surface area contributed by atoms with Crippen LogP contribution in [-0.2, 0) is 4.79 Å². The molecule has 0 radical (unpaired) electrons. The Bertz CT molecular complexity index is 974. The van der Waals surface area contributed by atoms with Gasteiger partial charge in [-0.1, -0.05) is 12.1 Å². The van der Waals surface area contributed by atoms with Gasteiger partial charge in [-0.15, -0.1) is 0 Å². The first kappa shape index (κ1) is 18.7. The Hall–Kier alpha value is -4.04. The molecule has 8 nitrogen and oxygen atoms in total. The van der Waals surface area contributed by atoms with Crippen molar-refractivity contribution in [3.8, 4) is 12.1 Å². The van der Waals surface area contributed by atoms with Crippen LogP contribution < -0.4 is 5.32 Å². The Kier molecular flexibility index (Phi) is 5.73. The molecule has 2 aromatic rings. The lowest BCUT2D eigenvalue weighted by Gasteiger charge is -2.33. The predicted molar refractivity (Wildman–Crippen MR) is 99.7 cm³/mol. The lowest BCUT2D eigenvalue weighted by atomic mass is 10.2. The maximum atomic E-state index is 12.4. The van der Waals surface area contributed by atoms with Gasteiger partial charge in [-0.05, 0) is 24.3 Å². The van der Waals surface area contributed by atoms with E-state index < -0.39 is 5.91 Å². The van der Waals surface area contributed by atoms with Gasteiger partial charge in [0.2, 0.25) is 0 Å². The van der Waals surface area contributed by atoms with Gasteiger partial charge in [0.1, 0.15) is 17.7 Å². The molecule has 1 aromatic heterocycles. The van der Waals surface area contributed by atoms with E-state index in [1.165, 1.54) is 12.5 Å². The van der Waals surface area contributed by atoms with E-state index in [-0.39, 0.29) is 17.2 Å². The number of para-hydroxylation sites is 1. The van der Waals surface area contributed by atoms with E-state index in [0.717, 1.165) is 0 Å². The summed E-state index contributed by atoms with van der Waals surface area (Å²) in [6, 6.07) is 13.7. The Labute approximate surface area is 161 Å². The molecule has 3 rings (SSSR count). The van der Waals surface area contributed by atoms with Gasteiger partial charge in [-0.3, -0.25) is 9.59 Å². The fourth-order valence-corrected chi connectivity index (χ4v) is 2.81. The lowest BCUT2D eigenvalue weighted by Crippen LogP contribution is -2.47. The fourth-order valence-electron chi connectivity index (χ4n) is 2.81. The normalized spacial score (nSPS) is 14.1. The first-order chi connectivity index (χ1) is 13.6. The molecular weight excluding hydrogens is 358 g/mol. The SMILES string of the molecule is N#C/C(=C/N1CCN(C(=O)c2ccco2)CC1)C(=O)Nc1ccccc1C#N. The highest BCUT2D eigenvalue weighted by atomic mass is 16.3. The van der Waals surface area contributed by atoms with Crippen LogP contribution in [0.25, 0.3) is 0 Å². The largest absolute Gasteiger partial charge is 0.459 e. The molecule has 1 aliphatic rings. The standard InChI is InChI=1S/C20H17N5O3/c21-12-15-4-1-2-5-17(15)23-19(26)16(13-22)14-24-7-9-25(10-8-24)20(27)18-6-3-11-28-18/h1-6,11,14H,7-10H2,(H,23,26)/b16-14-. The smallest absolute Gasteiger partial charge is 0.289 e. The van der Waals surface area contributed by atoms with Crippen molar-refractivity contribution in [1.29, 1.82) is 10.5 Å². The maximum absolute atomic E-state index is 12.4. The second-order valence-corrected chi connectivity index (χ2v) is 6.07. The number of carbonyl (C=O) groups excluding carboxylic acids is 2. The molecule has 1 N–H and O–H groups in total. The van der Waals surface area contributed by atoms with Crippen molar-refractivity contribution in [2.24, 2.45) is 0 Å². The van der Waals surface area contributed by atoms with Gasteiger partial charge in [0, 0.05) is 32.4 Å². The van der Waals surface area contributed by atoms with Crippen molar-refractivity contribution in [3.05, 3.63) is 65.8 Å². The number of amides is 2. The highest BCUT2D eigenvalue weighted by Gasteiger charge is 2.23. The lowest BCUT2D eigenvalue weighted by molar-refractivity contribution is -0.112. The zero-order valence-electron chi connectivity index (χ0n) is 15.0. The van der Waals surface area contributed by atoms with Crippen LogP contribution in [0.3, 0.4) is 0 Å². The number of nitriles is 2. The summed E-state index contributed by atoms with van der Waals surface area (Å²) in [4.78, 5) is 28.2. The minimum atomic E-state index is -0.584. The molecule has 1 aliphatic heterocycles. The van der Waals surface area contributed by atoms with E-state index in [9.17, 15) is 14.9 Å². The molecule has 0 saturated carbocycles. The molecule has 2 amide bonds. The quantitative estimate of drug-likeness (QED) is 0.645. The Morgan fingerprint density at radius 1 is 1.07 bits per heavy atom. The summed E-state index contributed by atoms with van der Waals surface area (Å²) in [5.74, 6) is -0.475. The van der Waals surface area contributed by atoms with Crippen molar-refractivity contribution < 1.29 is 14.0 Å². The van der Waals surface area contributed by atoms with Crippen LogP contribution in [0, 0.1) is 22.7 Å². The van der Waals surface area contributed by atoms with Crippen LogP contribution in [-0.4, -0.2) is 47.8 Å². The Morgan fingerprint density at radius 3 is 2.46 bits per heavy atom. The highest BCUT2D eigenvalue weighted by Crippen LogP contribution is 2.15. The highest BCUT2D eigenvalue weighted by molar-refractivity contribution is 6.07. The minimum absolute atomic E-state index is 0.0708. The van der Waals surface area contributed by atoms with Gasteiger partial charge in [0.15, 0.2) is 5.76 Å². The van der Waals surface area contributed by atoms with Crippen molar-refractivity contribution in [1.82, 2.24) is 9.80 Å². The number of benzene rings is 1. The summed E-state index contributed by atoms with van der Waals surface area (Å²) in [7, 11) is 0. The second kappa shape index (κ2) is 8.56. The summed E-state index contributed by atoms with van der Waals surface area (Å²) in [5.41, 5.74) is 0.599. The third kappa shape index (κ3) is 4.19. The molecule has 1 aromatic carbocycles. The number of furan rings is 1. The summed E-state index contributed by atoms with van der Waals surface area (Å²) in [5, 5.41) is 21.0. The van der Waals surface area contributed by atoms with Crippen LogP contribution in [0.1, 0.15) is 16.1 Å². The number of carbonyl (C=O) groups is 2. The fraction of sp³-hybridized carbons (Fsp3) is 0.200. The molecule has 140 valence electrons. The number of nitrogens with one attached hydrogen (secondary N) is 1. The molecule has 0 spiro atoms. The van der Waals surface area contributed by atoms with E-state index in [1.807, 2.05) is 17.0 Å². The third-order valence-corrected chi connectivity index (χ3v) is 4.31. The molecule has 2 heterocycles. The van der Waals surface area contributed by atoms with Crippen molar-refractivity contribution in [3.63, 3.8) is 0 Å². The number of nitrogens with zero attached hydrogens (tertiary/aromatic N) is 4. The van der Waals surface area contributed by atoms with Gasteiger partial charge in [-0.2, -0.15) is 10.5 Å². The summed E-state index contributed by atoms with van der Waals surface area (Å²) >= 11 is 0. The topological polar surface area (TPSA) is 113 Å². The molecule has 0 bridgehead atoms. The zero-order valence-corrected chi connectivity index (χ0v) is 15.0. The first-order valence-electron chi connectivity index (χ1n) is 8.61. The molecule has 1 saturated heterocycles. The Balaban J connectivity index is 1.62. The van der Waals surface area contributed by atoms with Gasteiger partial charge in [0.25, 0.3) is 11.8 Å². The van der Waals surface area contributed by atoms with E-state index in [4.69, 9.17) is 9.68 Å². The van der Waals surface area contributed by atoms with Gasteiger partial charge in [0.05, 0.1) is 17.5 Å². The number of hydrogen-bond donors (Lipinski definition) is 1. The summed E-state index contributed by atoms with van der Waals surface area (Å²) < 4.78 is 5.13.